The van der Waals surface area contributed by atoms with Crippen molar-refractivity contribution in [3.63, 3.8) is 0 Å². The zero-order valence-electron chi connectivity index (χ0n) is 5.50. The summed E-state index contributed by atoms with van der Waals surface area (Å²) in [4.78, 5) is 10.3. The second kappa shape index (κ2) is 1.99. The van der Waals surface area contributed by atoms with Crippen LogP contribution in [-0.4, -0.2) is 23.3 Å². The predicted molar refractivity (Wildman–Crippen MR) is 30.7 cm³/mol. The van der Waals surface area contributed by atoms with Crippen molar-refractivity contribution in [3.8, 4) is 0 Å². The fourth-order valence-electron chi connectivity index (χ4n) is 0.831. The van der Waals surface area contributed by atoms with Crippen LogP contribution >= 0.6 is 0 Å². The molecule has 0 aromatic rings. The van der Waals surface area contributed by atoms with Crippen LogP contribution in [0.15, 0.2) is 0 Å². The summed E-state index contributed by atoms with van der Waals surface area (Å²) in [5.74, 6) is -0.272. The number of ether oxygens (including phenoxy) is 1. The zero-order valence-corrected chi connectivity index (χ0v) is 5.50. The Labute approximate surface area is 53.6 Å². The molecule has 0 radical (unpaired) electrons. The number of rotatable bonds is 1. The van der Waals surface area contributed by atoms with Crippen LogP contribution < -0.4 is 0 Å². The van der Waals surface area contributed by atoms with E-state index in [1.54, 1.807) is 0 Å². The number of esters is 1. The summed E-state index contributed by atoms with van der Waals surface area (Å²) in [7, 11) is 0. The topological polar surface area (TPSA) is 46.5 Å². The van der Waals surface area contributed by atoms with Gasteiger partial charge in [-0.25, -0.2) is 4.79 Å². The molecule has 1 rings (SSSR count). The molecule has 1 fully saturated rings. The molecule has 1 aliphatic rings. The van der Waals surface area contributed by atoms with Crippen LogP contribution in [0.5, 0.6) is 0 Å². The van der Waals surface area contributed by atoms with Crippen LogP contribution in [0.4, 0.5) is 0 Å². The molecule has 3 heteroatoms. The van der Waals surface area contributed by atoms with Gasteiger partial charge in [-0.3, -0.25) is 0 Å². The average Bonchev–Trinajstić information content (AvgIpc) is 1.81. The highest BCUT2D eigenvalue weighted by Crippen LogP contribution is 2.21. The number of aliphatic hydroxyl groups excluding tert-OH is 1. The Morgan fingerprint density at radius 2 is 2.22 bits per heavy atom. The molecule has 52 valence electrons. The lowest BCUT2D eigenvalue weighted by molar-refractivity contribution is -0.203. The number of carbonyl (C=O) groups is 1. The fraction of sp³-hybridized carbons (Fsp3) is 0.833. The molecule has 1 heterocycles. The van der Waals surface area contributed by atoms with Gasteiger partial charge in [-0.05, 0) is 5.92 Å². The van der Waals surface area contributed by atoms with Gasteiger partial charge in [0.15, 0.2) is 6.10 Å². The average molecular weight is 130 g/mol. The lowest BCUT2D eigenvalue weighted by atomic mass is 9.97. The quantitative estimate of drug-likeness (QED) is 0.505. The van der Waals surface area contributed by atoms with E-state index in [1.165, 1.54) is 0 Å². The van der Waals surface area contributed by atoms with Crippen molar-refractivity contribution in [1.29, 1.82) is 0 Å². The van der Waals surface area contributed by atoms with Crippen molar-refractivity contribution in [3.05, 3.63) is 0 Å². The number of cyclic esters (lactones) is 1. The van der Waals surface area contributed by atoms with Crippen molar-refractivity contribution in [1.82, 2.24) is 0 Å². The summed E-state index contributed by atoms with van der Waals surface area (Å²) in [5.41, 5.74) is 0. The summed E-state index contributed by atoms with van der Waals surface area (Å²) in [6.07, 6.45) is -1.14. The van der Waals surface area contributed by atoms with Gasteiger partial charge in [0.2, 0.25) is 0 Å². The summed E-state index contributed by atoms with van der Waals surface area (Å²) >= 11 is 0. The van der Waals surface area contributed by atoms with E-state index in [0.717, 1.165) is 0 Å². The van der Waals surface area contributed by atoms with Gasteiger partial charge in [-0.2, -0.15) is 0 Å². The zero-order chi connectivity index (χ0) is 7.02. The maximum absolute atomic E-state index is 10.3. The standard InChI is InChI=1S/C6H10O3/c1-3(2)5-4(7)6(8)9-5/h3-5,7H,1-2H3/t4-,5-/m1/s1. The van der Waals surface area contributed by atoms with E-state index >= 15 is 0 Å². The second-order valence-corrected chi connectivity index (χ2v) is 2.59. The van der Waals surface area contributed by atoms with E-state index in [0.29, 0.717) is 0 Å². The van der Waals surface area contributed by atoms with E-state index in [9.17, 15) is 4.79 Å². The second-order valence-electron chi connectivity index (χ2n) is 2.59. The normalized spacial score (nSPS) is 34.0. The first-order valence-corrected chi connectivity index (χ1v) is 3.01. The molecule has 0 aromatic carbocycles. The minimum Gasteiger partial charge on any atom is -0.457 e. The molecule has 0 aliphatic carbocycles. The number of carbonyl (C=O) groups excluding carboxylic acids is 1. The molecule has 0 bridgehead atoms. The third-order valence-electron chi connectivity index (χ3n) is 1.46. The Hall–Kier alpha value is -0.570. The van der Waals surface area contributed by atoms with Crippen LogP contribution in [0.1, 0.15) is 13.8 Å². The van der Waals surface area contributed by atoms with Gasteiger partial charge >= 0.3 is 5.97 Å². The van der Waals surface area contributed by atoms with Gasteiger partial charge in [-0.1, -0.05) is 13.8 Å². The van der Waals surface area contributed by atoms with E-state index < -0.39 is 12.1 Å². The van der Waals surface area contributed by atoms with Crippen molar-refractivity contribution in [2.75, 3.05) is 0 Å². The number of hydrogen-bond donors (Lipinski definition) is 1. The van der Waals surface area contributed by atoms with E-state index in [1.807, 2.05) is 13.8 Å². The Kier molecular flexibility index (Phi) is 1.45. The molecular formula is C6H10O3. The summed E-state index contributed by atoms with van der Waals surface area (Å²) in [5, 5.41) is 8.87. The minimum absolute atomic E-state index is 0.220. The van der Waals surface area contributed by atoms with Gasteiger partial charge in [-0.15, -0.1) is 0 Å². The Morgan fingerprint density at radius 3 is 2.33 bits per heavy atom. The Morgan fingerprint density at radius 1 is 1.67 bits per heavy atom. The van der Waals surface area contributed by atoms with E-state index in [4.69, 9.17) is 5.11 Å². The molecule has 9 heavy (non-hydrogen) atoms. The highest BCUT2D eigenvalue weighted by atomic mass is 16.6. The highest BCUT2D eigenvalue weighted by Gasteiger charge is 2.42. The third-order valence-corrected chi connectivity index (χ3v) is 1.46. The van der Waals surface area contributed by atoms with Crippen molar-refractivity contribution < 1.29 is 14.6 Å². The molecule has 0 saturated carbocycles. The third kappa shape index (κ3) is 0.920. The van der Waals surface area contributed by atoms with Crippen LogP contribution in [0.25, 0.3) is 0 Å². The minimum atomic E-state index is -0.870. The number of aliphatic hydroxyl groups is 1. The van der Waals surface area contributed by atoms with Crippen molar-refractivity contribution in [2.45, 2.75) is 26.1 Å². The van der Waals surface area contributed by atoms with Crippen molar-refractivity contribution in [2.24, 2.45) is 5.92 Å². The van der Waals surface area contributed by atoms with Crippen LogP contribution in [-0.2, 0) is 9.53 Å². The molecule has 3 nitrogen and oxygen atoms in total. The van der Waals surface area contributed by atoms with Crippen LogP contribution in [0.2, 0.25) is 0 Å². The first-order valence-electron chi connectivity index (χ1n) is 3.01. The molecule has 1 saturated heterocycles. The smallest absolute Gasteiger partial charge is 0.339 e. The SMILES string of the molecule is CC(C)[C@H]1OC(=O)[C@@H]1O. The van der Waals surface area contributed by atoms with Gasteiger partial charge in [0.05, 0.1) is 0 Å². The van der Waals surface area contributed by atoms with Crippen LogP contribution in [0.3, 0.4) is 0 Å². The largest absolute Gasteiger partial charge is 0.457 e. The molecular weight excluding hydrogens is 120 g/mol. The molecule has 0 amide bonds. The van der Waals surface area contributed by atoms with Gasteiger partial charge in [0, 0.05) is 0 Å². The molecule has 2 atom stereocenters. The van der Waals surface area contributed by atoms with E-state index in [-0.39, 0.29) is 12.0 Å². The van der Waals surface area contributed by atoms with Crippen molar-refractivity contribution >= 4 is 5.97 Å². The summed E-state index contributed by atoms with van der Waals surface area (Å²) in [6, 6.07) is 0. The molecule has 1 aliphatic heterocycles. The highest BCUT2D eigenvalue weighted by molar-refractivity contribution is 5.80. The lowest BCUT2D eigenvalue weighted by Gasteiger charge is -2.33. The lowest BCUT2D eigenvalue weighted by Crippen LogP contribution is -2.52. The first-order chi connectivity index (χ1) is 4.13. The fourth-order valence-corrected chi connectivity index (χ4v) is 0.831. The van der Waals surface area contributed by atoms with Gasteiger partial charge in [0.25, 0.3) is 0 Å². The predicted octanol–water partition coefficient (Wildman–Crippen LogP) is -0.0713. The summed E-state index contributed by atoms with van der Waals surface area (Å²) in [6.45, 7) is 3.81. The Balaban J connectivity index is 2.42. The maximum atomic E-state index is 10.3. The van der Waals surface area contributed by atoms with E-state index in [2.05, 4.69) is 4.74 Å². The molecule has 0 aromatic heterocycles. The number of hydrogen-bond acceptors (Lipinski definition) is 3. The summed E-state index contributed by atoms with van der Waals surface area (Å²) < 4.78 is 4.62. The first kappa shape index (κ1) is 6.55. The molecule has 0 spiro atoms. The van der Waals surface area contributed by atoms with Crippen LogP contribution in [0, 0.1) is 5.92 Å². The molecule has 0 unspecified atom stereocenters. The molecule has 1 N–H and O–H groups in total. The maximum Gasteiger partial charge on any atom is 0.339 e. The Bertz CT molecular complexity index is 130. The monoisotopic (exact) mass is 130 g/mol. The van der Waals surface area contributed by atoms with Gasteiger partial charge < -0.3 is 9.84 Å². The van der Waals surface area contributed by atoms with Gasteiger partial charge in [0.1, 0.15) is 6.10 Å².